The molecule has 2 heteroatoms. The maximum atomic E-state index is 12.4. The highest BCUT2D eigenvalue weighted by atomic mass is 16.1. The predicted octanol–water partition coefficient (Wildman–Crippen LogP) is 4.53. The molecule has 0 atom stereocenters. The van der Waals surface area contributed by atoms with Gasteiger partial charge in [-0.1, -0.05) is 43.4 Å². The van der Waals surface area contributed by atoms with Crippen molar-refractivity contribution < 1.29 is 4.79 Å². The van der Waals surface area contributed by atoms with Crippen LogP contribution in [0.1, 0.15) is 66.9 Å². The van der Waals surface area contributed by atoms with Crippen molar-refractivity contribution in [2.45, 2.75) is 65.3 Å². The molecule has 1 saturated carbocycles. The van der Waals surface area contributed by atoms with Crippen molar-refractivity contribution in [3.8, 4) is 0 Å². The zero-order chi connectivity index (χ0) is 15.2. The molecule has 0 N–H and O–H groups in total. The fraction of sp³-hybridized carbons (Fsp3) is 0.632. The topological polar surface area (TPSA) is 20.3 Å². The minimum absolute atomic E-state index is 0.288. The Morgan fingerprint density at radius 1 is 1.10 bits per heavy atom. The average molecular weight is 287 g/mol. The number of carbonyl (C=O) groups excluding carboxylic acids is 1. The molecular weight excluding hydrogens is 258 g/mol. The molecule has 2 rings (SSSR count). The van der Waals surface area contributed by atoms with E-state index in [1.807, 2.05) is 12.1 Å². The van der Waals surface area contributed by atoms with Gasteiger partial charge in [0.15, 0.2) is 5.78 Å². The van der Waals surface area contributed by atoms with Gasteiger partial charge in [-0.15, -0.1) is 0 Å². The van der Waals surface area contributed by atoms with E-state index in [1.54, 1.807) is 0 Å². The second-order valence-electron chi connectivity index (χ2n) is 6.47. The molecule has 2 nitrogen and oxygen atoms in total. The van der Waals surface area contributed by atoms with E-state index in [0.717, 1.165) is 18.7 Å². The predicted molar refractivity (Wildman–Crippen MR) is 89.0 cm³/mol. The summed E-state index contributed by atoms with van der Waals surface area (Å²) in [5, 5.41) is 0. The maximum Gasteiger partial charge on any atom is 0.164 e. The van der Waals surface area contributed by atoms with E-state index in [2.05, 4.69) is 31.7 Å². The summed E-state index contributed by atoms with van der Waals surface area (Å²) in [6, 6.07) is 6.87. The number of nitrogens with zero attached hydrogens (tertiary/aromatic N) is 1. The number of ketones is 1. The Kier molecular flexibility index (Phi) is 5.98. The van der Waals surface area contributed by atoms with Crippen LogP contribution in [-0.2, 0) is 0 Å². The van der Waals surface area contributed by atoms with Crippen LogP contribution in [0.4, 0.5) is 0 Å². The van der Waals surface area contributed by atoms with Crippen LogP contribution in [0.15, 0.2) is 18.2 Å². The highest BCUT2D eigenvalue weighted by Gasteiger charge is 2.20. The van der Waals surface area contributed by atoms with Gasteiger partial charge in [0.05, 0.1) is 0 Å². The van der Waals surface area contributed by atoms with Gasteiger partial charge < -0.3 is 4.90 Å². The number of hydrogen-bond acceptors (Lipinski definition) is 2. The van der Waals surface area contributed by atoms with Crippen molar-refractivity contribution in [3.05, 3.63) is 34.9 Å². The third-order valence-electron chi connectivity index (χ3n) is 4.67. The Morgan fingerprint density at radius 3 is 2.29 bits per heavy atom. The molecule has 0 aliphatic heterocycles. The number of Topliss-reactive ketones (excluding diaryl/α,β-unsaturated/α-hetero) is 1. The lowest BCUT2D eigenvalue weighted by Crippen LogP contribution is -2.38. The summed E-state index contributed by atoms with van der Waals surface area (Å²) in [4.78, 5) is 14.9. The summed E-state index contributed by atoms with van der Waals surface area (Å²) in [5.74, 6) is 0.288. The van der Waals surface area contributed by atoms with E-state index in [4.69, 9.17) is 0 Å². The summed E-state index contributed by atoms with van der Waals surface area (Å²) in [6.45, 7) is 8.31. The van der Waals surface area contributed by atoms with Crippen LogP contribution >= 0.6 is 0 Å². The molecule has 1 aromatic rings. The molecular formula is C19H29NO. The number of hydrogen-bond donors (Lipinski definition) is 0. The summed E-state index contributed by atoms with van der Waals surface area (Å²) in [5.41, 5.74) is 3.24. The van der Waals surface area contributed by atoms with Crippen molar-refractivity contribution in [3.63, 3.8) is 0 Å². The second kappa shape index (κ2) is 7.74. The Bertz CT molecular complexity index is 454. The van der Waals surface area contributed by atoms with Gasteiger partial charge in [0.2, 0.25) is 0 Å². The van der Waals surface area contributed by atoms with Crippen LogP contribution in [0, 0.1) is 13.8 Å². The van der Waals surface area contributed by atoms with Crippen molar-refractivity contribution in [2.24, 2.45) is 0 Å². The van der Waals surface area contributed by atoms with E-state index in [-0.39, 0.29) is 5.78 Å². The maximum absolute atomic E-state index is 12.4. The van der Waals surface area contributed by atoms with Crippen LogP contribution in [0.5, 0.6) is 0 Å². The minimum Gasteiger partial charge on any atom is -0.300 e. The molecule has 0 spiro atoms. The Balaban J connectivity index is 1.92. The quantitative estimate of drug-likeness (QED) is 0.716. The molecule has 116 valence electrons. The van der Waals surface area contributed by atoms with E-state index >= 15 is 0 Å². The number of aryl methyl sites for hydroxylation is 2. The largest absolute Gasteiger partial charge is 0.300 e. The Morgan fingerprint density at radius 2 is 1.71 bits per heavy atom. The van der Waals surface area contributed by atoms with Gasteiger partial charge in [0.25, 0.3) is 0 Å². The normalized spacial score (nSPS) is 16.4. The fourth-order valence-electron chi connectivity index (χ4n) is 3.57. The minimum atomic E-state index is 0.288. The first kappa shape index (κ1) is 16.2. The standard InChI is InChI=1S/C19H29NO/c1-4-20(18-8-6-5-7-9-18)11-10-19(21)17-13-15(2)12-16(3)14-17/h12-14,18H,4-11H2,1-3H3. The molecule has 0 heterocycles. The van der Waals surface area contributed by atoms with E-state index in [1.165, 1.54) is 43.2 Å². The van der Waals surface area contributed by atoms with Gasteiger partial charge in [-0.05, 0) is 45.4 Å². The molecule has 0 saturated heterocycles. The molecule has 1 aromatic carbocycles. The molecule has 0 aromatic heterocycles. The molecule has 0 radical (unpaired) electrons. The van der Waals surface area contributed by atoms with Gasteiger partial charge in [-0.2, -0.15) is 0 Å². The van der Waals surface area contributed by atoms with E-state index in [0.29, 0.717) is 12.5 Å². The van der Waals surface area contributed by atoms with Crippen LogP contribution in [0.3, 0.4) is 0 Å². The van der Waals surface area contributed by atoms with Crippen molar-refractivity contribution in [1.29, 1.82) is 0 Å². The first-order valence-corrected chi connectivity index (χ1v) is 8.45. The molecule has 1 fully saturated rings. The van der Waals surface area contributed by atoms with Gasteiger partial charge >= 0.3 is 0 Å². The first-order chi connectivity index (χ1) is 10.1. The third-order valence-corrected chi connectivity index (χ3v) is 4.67. The van der Waals surface area contributed by atoms with Crippen LogP contribution in [0.2, 0.25) is 0 Å². The number of carbonyl (C=O) groups is 1. The second-order valence-corrected chi connectivity index (χ2v) is 6.47. The zero-order valence-corrected chi connectivity index (χ0v) is 13.8. The SMILES string of the molecule is CCN(CCC(=O)c1cc(C)cc(C)c1)C1CCCCC1. The third kappa shape index (κ3) is 4.67. The molecule has 1 aliphatic rings. The first-order valence-electron chi connectivity index (χ1n) is 8.45. The summed E-state index contributed by atoms with van der Waals surface area (Å²) in [6.07, 6.45) is 7.36. The monoisotopic (exact) mass is 287 g/mol. The summed E-state index contributed by atoms with van der Waals surface area (Å²) < 4.78 is 0. The zero-order valence-electron chi connectivity index (χ0n) is 13.8. The molecule has 21 heavy (non-hydrogen) atoms. The lowest BCUT2D eigenvalue weighted by atomic mass is 9.94. The fourth-order valence-corrected chi connectivity index (χ4v) is 3.57. The lowest BCUT2D eigenvalue weighted by molar-refractivity contribution is 0.0939. The molecule has 0 amide bonds. The number of rotatable bonds is 6. The molecule has 1 aliphatic carbocycles. The van der Waals surface area contributed by atoms with Crippen LogP contribution < -0.4 is 0 Å². The van der Waals surface area contributed by atoms with Crippen LogP contribution in [0.25, 0.3) is 0 Å². The highest BCUT2D eigenvalue weighted by molar-refractivity contribution is 5.96. The van der Waals surface area contributed by atoms with Crippen molar-refractivity contribution in [2.75, 3.05) is 13.1 Å². The average Bonchev–Trinajstić information content (AvgIpc) is 2.47. The Labute approximate surface area is 129 Å². The lowest BCUT2D eigenvalue weighted by Gasteiger charge is -2.33. The summed E-state index contributed by atoms with van der Waals surface area (Å²) >= 11 is 0. The molecule has 0 bridgehead atoms. The van der Waals surface area contributed by atoms with E-state index in [9.17, 15) is 4.79 Å². The van der Waals surface area contributed by atoms with Crippen molar-refractivity contribution in [1.82, 2.24) is 4.90 Å². The van der Waals surface area contributed by atoms with Gasteiger partial charge in [0.1, 0.15) is 0 Å². The summed E-state index contributed by atoms with van der Waals surface area (Å²) in [7, 11) is 0. The number of benzene rings is 1. The van der Waals surface area contributed by atoms with Crippen molar-refractivity contribution >= 4 is 5.78 Å². The Hall–Kier alpha value is -1.15. The molecule has 0 unspecified atom stereocenters. The van der Waals surface area contributed by atoms with E-state index < -0.39 is 0 Å². The highest BCUT2D eigenvalue weighted by Crippen LogP contribution is 2.23. The smallest absolute Gasteiger partial charge is 0.164 e. The van der Waals surface area contributed by atoms with Crippen LogP contribution in [-0.4, -0.2) is 29.8 Å². The van der Waals surface area contributed by atoms with Gasteiger partial charge in [-0.3, -0.25) is 4.79 Å². The van der Waals surface area contributed by atoms with Gasteiger partial charge in [0, 0.05) is 24.6 Å². The van der Waals surface area contributed by atoms with Gasteiger partial charge in [-0.25, -0.2) is 0 Å².